The van der Waals surface area contributed by atoms with Crippen molar-refractivity contribution in [1.82, 2.24) is 5.32 Å². The normalized spacial score (nSPS) is 36.3. The highest BCUT2D eigenvalue weighted by Crippen LogP contribution is 2.54. The van der Waals surface area contributed by atoms with Crippen molar-refractivity contribution >= 4 is 0 Å². The molecule has 1 saturated heterocycles. The summed E-state index contributed by atoms with van der Waals surface area (Å²) in [5.41, 5.74) is 0.835. The number of hydrogen-bond donors (Lipinski definition) is 1. The van der Waals surface area contributed by atoms with E-state index in [4.69, 9.17) is 0 Å². The second kappa shape index (κ2) is 2.78. The van der Waals surface area contributed by atoms with Crippen molar-refractivity contribution in [1.29, 1.82) is 0 Å². The molecule has 2 fully saturated rings. The van der Waals surface area contributed by atoms with Crippen molar-refractivity contribution in [2.75, 3.05) is 13.1 Å². The highest BCUT2D eigenvalue weighted by molar-refractivity contribution is 4.94. The van der Waals surface area contributed by atoms with E-state index in [0.29, 0.717) is 0 Å². The lowest BCUT2D eigenvalue weighted by Crippen LogP contribution is -2.27. The summed E-state index contributed by atoms with van der Waals surface area (Å²) >= 11 is 0. The molecule has 0 aromatic carbocycles. The van der Waals surface area contributed by atoms with E-state index in [1.54, 1.807) is 0 Å². The van der Waals surface area contributed by atoms with Crippen LogP contribution in [0.3, 0.4) is 0 Å². The first kappa shape index (κ1) is 7.60. The highest BCUT2D eigenvalue weighted by Gasteiger charge is 2.42. The van der Waals surface area contributed by atoms with Gasteiger partial charge in [-0.3, -0.25) is 0 Å². The van der Waals surface area contributed by atoms with Gasteiger partial charge in [-0.25, -0.2) is 0 Å². The Balaban J connectivity index is 1.90. The Morgan fingerprint density at radius 3 is 2.82 bits per heavy atom. The van der Waals surface area contributed by atoms with Crippen LogP contribution in [0.1, 0.15) is 39.0 Å². The van der Waals surface area contributed by atoms with Crippen LogP contribution in [0.4, 0.5) is 0 Å². The van der Waals surface area contributed by atoms with E-state index >= 15 is 0 Å². The second-order valence-corrected chi connectivity index (χ2v) is 4.62. The van der Waals surface area contributed by atoms with Crippen molar-refractivity contribution in [3.8, 4) is 0 Å². The molecule has 1 atom stereocenters. The lowest BCUT2D eigenvalue weighted by Gasteiger charge is -2.23. The summed E-state index contributed by atoms with van der Waals surface area (Å²) in [6.45, 7) is 4.90. The molecule has 11 heavy (non-hydrogen) atoms. The van der Waals surface area contributed by atoms with Crippen molar-refractivity contribution < 1.29 is 0 Å². The summed E-state index contributed by atoms with van der Waals surface area (Å²) in [6, 6.07) is 0. The van der Waals surface area contributed by atoms with Crippen LogP contribution in [0.25, 0.3) is 0 Å². The van der Waals surface area contributed by atoms with Crippen LogP contribution in [0.15, 0.2) is 0 Å². The Bertz CT molecular complexity index is 138. The smallest absolute Gasteiger partial charge is 0.00230 e. The zero-order valence-corrected chi connectivity index (χ0v) is 7.53. The van der Waals surface area contributed by atoms with Crippen molar-refractivity contribution in [3.05, 3.63) is 0 Å². The molecule has 0 radical (unpaired) electrons. The van der Waals surface area contributed by atoms with Gasteiger partial charge >= 0.3 is 0 Å². The number of rotatable bonds is 0. The van der Waals surface area contributed by atoms with E-state index in [1.165, 1.54) is 45.2 Å². The van der Waals surface area contributed by atoms with Crippen LogP contribution < -0.4 is 5.32 Å². The molecule has 0 bridgehead atoms. The van der Waals surface area contributed by atoms with E-state index in [9.17, 15) is 0 Å². The maximum absolute atomic E-state index is 3.50. The fourth-order valence-electron chi connectivity index (χ4n) is 2.48. The van der Waals surface area contributed by atoms with Gasteiger partial charge < -0.3 is 5.32 Å². The van der Waals surface area contributed by atoms with Gasteiger partial charge in [0.25, 0.3) is 0 Å². The molecule has 1 aliphatic heterocycles. The Morgan fingerprint density at radius 2 is 2.09 bits per heavy atom. The highest BCUT2D eigenvalue weighted by atomic mass is 14.9. The fourth-order valence-corrected chi connectivity index (χ4v) is 2.48. The summed E-state index contributed by atoms with van der Waals surface area (Å²) in [4.78, 5) is 0. The number of nitrogens with one attached hydrogen (secondary N) is 1. The van der Waals surface area contributed by atoms with E-state index in [-0.39, 0.29) is 0 Å². The van der Waals surface area contributed by atoms with E-state index in [0.717, 1.165) is 11.3 Å². The Hall–Kier alpha value is -0.0400. The quantitative estimate of drug-likeness (QED) is 0.562. The van der Waals surface area contributed by atoms with Crippen LogP contribution >= 0.6 is 0 Å². The topological polar surface area (TPSA) is 12.0 Å². The predicted molar refractivity (Wildman–Crippen MR) is 47.6 cm³/mol. The molecule has 1 unspecified atom stereocenters. The molecule has 64 valence electrons. The van der Waals surface area contributed by atoms with Crippen LogP contribution in [-0.4, -0.2) is 13.1 Å². The maximum Gasteiger partial charge on any atom is -0.00230 e. The Labute approximate surface area is 69.6 Å². The van der Waals surface area contributed by atoms with E-state index in [1.807, 2.05) is 0 Å². The van der Waals surface area contributed by atoms with Gasteiger partial charge in [-0.1, -0.05) is 6.92 Å². The minimum Gasteiger partial charge on any atom is -0.316 e. The molecule has 2 aliphatic rings. The van der Waals surface area contributed by atoms with Crippen LogP contribution in [-0.2, 0) is 0 Å². The standard InChI is InChI=1S/C10H19N/c1-9-7-10(4-5-10)3-2-6-11-8-9/h9,11H,2-8H2,1H3. The monoisotopic (exact) mass is 153 g/mol. The fraction of sp³-hybridized carbons (Fsp3) is 1.00. The molecule has 0 amide bonds. The van der Waals surface area contributed by atoms with Crippen molar-refractivity contribution in [3.63, 3.8) is 0 Å². The molecule has 1 nitrogen and oxygen atoms in total. The van der Waals surface area contributed by atoms with Crippen LogP contribution in [0.2, 0.25) is 0 Å². The molecule has 2 rings (SSSR count). The first-order valence-electron chi connectivity index (χ1n) is 5.02. The average Bonchev–Trinajstić information content (AvgIpc) is 2.65. The van der Waals surface area contributed by atoms with E-state index < -0.39 is 0 Å². The van der Waals surface area contributed by atoms with Crippen molar-refractivity contribution in [2.24, 2.45) is 11.3 Å². The minimum absolute atomic E-state index is 0.835. The van der Waals surface area contributed by atoms with Gasteiger partial charge in [-0.2, -0.15) is 0 Å². The van der Waals surface area contributed by atoms with Crippen LogP contribution in [0.5, 0.6) is 0 Å². The zero-order valence-electron chi connectivity index (χ0n) is 7.53. The zero-order chi connectivity index (χ0) is 7.73. The molecular weight excluding hydrogens is 134 g/mol. The van der Waals surface area contributed by atoms with Gasteiger partial charge in [-0.15, -0.1) is 0 Å². The average molecular weight is 153 g/mol. The molecule has 1 saturated carbocycles. The second-order valence-electron chi connectivity index (χ2n) is 4.62. The Kier molecular flexibility index (Phi) is 1.92. The van der Waals surface area contributed by atoms with E-state index in [2.05, 4.69) is 12.2 Å². The summed E-state index contributed by atoms with van der Waals surface area (Å²) in [6.07, 6.45) is 7.44. The molecule has 0 aromatic rings. The first-order valence-corrected chi connectivity index (χ1v) is 5.02. The van der Waals surface area contributed by atoms with Gasteiger partial charge in [0, 0.05) is 0 Å². The summed E-state index contributed by atoms with van der Waals surface area (Å²) in [5, 5.41) is 3.50. The summed E-state index contributed by atoms with van der Waals surface area (Å²) in [7, 11) is 0. The molecule has 1 heterocycles. The molecule has 0 aromatic heterocycles. The largest absolute Gasteiger partial charge is 0.316 e. The van der Waals surface area contributed by atoms with Crippen molar-refractivity contribution in [2.45, 2.75) is 39.0 Å². The van der Waals surface area contributed by atoms with Gasteiger partial charge in [0.05, 0.1) is 0 Å². The maximum atomic E-state index is 3.50. The lowest BCUT2D eigenvalue weighted by atomic mass is 9.87. The van der Waals surface area contributed by atoms with Gasteiger partial charge in [0.1, 0.15) is 0 Å². The van der Waals surface area contributed by atoms with Gasteiger partial charge in [0.15, 0.2) is 0 Å². The molecule has 1 heteroatoms. The molecule has 1 spiro atoms. The SMILES string of the molecule is CC1CNCCCC2(CC2)C1. The third-order valence-electron chi connectivity index (χ3n) is 3.29. The van der Waals surface area contributed by atoms with Gasteiger partial charge in [-0.05, 0) is 56.5 Å². The third kappa shape index (κ3) is 1.76. The summed E-state index contributed by atoms with van der Waals surface area (Å²) in [5.74, 6) is 0.915. The number of hydrogen-bond acceptors (Lipinski definition) is 1. The van der Waals surface area contributed by atoms with Gasteiger partial charge in [0.2, 0.25) is 0 Å². The molecule has 1 aliphatic carbocycles. The lowest BCUT2D eigenvalue weighted by molar-refractivity contribution is 0.305. The first-order chi connectivity index (χ1) is 5.31. The molecule has 1 N–H and O–H groups in total. The van der Waals surface area contributed by atoms with Crippen LogP contribution in [0, 0.1) is 11.3 Å². The molecular formula is C10H19N. The summed E-state index contributed by atoms with van der Waals surface area (Å²) < 4.78 is 0. The minimum atomic E-state index is 0.835. The Morgan fingerprint density at radius 1 is 1.27 bits per heavy atom. The predicted octanol–water partition coefficient (Wildman–Crippen LogP) is 2.18. The third-order valence-corrected chi connectivity index (χ3v) is 3.29.